The van der Waals surface area contributed by atoms with Crippen molar-refractivity contribution in [2.24, 2.45) is 0 Å². The predicted molar refractivity (Wildman–Crippen MR) is 129 cm³/mol. The molecule has 0 aliphatic carbocycles. The molecule has 1 amide bonds. The Hall–Kier alpha value is -4.02. The molecule has 4 heteroatoms. The van der Waals surface area contributed by atoms with Gasteiger partial charge in [0.15, 0.2) is 11.4 Å². The van der Waals surface area contributed by atoms with Crippen molar-refractivity contribution in [3.05, 3.63) is 126 Å². The molecule has 0 radical (unpaired) electrons. The number of rotatable bonds is 6. The fraction of sp³-hybridized carbons (Fsp3) is 0.103. The van der Waals surface area contributed by atoms with Gasteiger partial charge in [0.1, 0.15) is 0 Å². The number of para-hydroxylation sites is 1. The molecule has 1 N–H and O–H groups in total. The molecule has 0 bridgehead atoms. The maximum atomic E-state index is 13.4. The number of hydrogen-bond donors (Lipinski definition) is 1. The van der Waals surface area contributed by atoms with E-state index in [1.807, 2.05) is 84.9 Å². The van der Waals surface area contributed by atoms with Crippen LogP contribution in [-0.2, 0) is 16.9 Å². The third kappa shape index (κ3) is 3.86. The zero-order valence-electron chi connectivity index (χ0n) is 18.0. The van der Waals surface area contributed by atoms with Crippen molar-refractivity contribution in [2.45, 2.75) is 18.6 Å². The molecule has 0 spiro atoms. The molecular weight excluding hydrogens is 410 g/mol. The third-order valence-corrected chi connectivity index (χ3v) is 6.15. The van der Waals surface area contributed by atoms with E-state index in [1.165, 1.54) is 0 Å². The molecule has 0 fully saturated rings. The summed E-state index contributed by atoms with van der Waals surface area (Å²) in [7, 11) is 0. The highest BCUT2D eigenvalue weighted by molar-refractivity contribution is 6.10. The first kappa shape index (κ1) is 20.9. The Morgan fingerprint density at radius 3 is 2.00 bits per heavy atom. The topological polar surface area (TPSA) is 57.6 Å². The van der Waals surface area contributed by atoms with E-state index >= 15 is 0 Å². The van der Waals surface area contributed by atoms with Gasteiger partial charge in [-0.3, -0.25) is 9.59 Å². The standard InChI is InChI=1S/C29H23NO3/c31-27(24-17-15-23(16-18-24)22-11-5-2-6-12-22)19-29(33)25-13-7-8-14-26(25)30(28(29)32)20-21-9-3-1-4-10-21/h1-18,33H,19-20H2/t29-/m0/s1. The summed E-state index contributed by atoms with van der Waals surface area (Å²) in [5.41, 5.74) is 2.71. The lowest BCUT2D eigenvalue weighted by molar-refractivity contribution is -0.136. The first-order chi connectivity index (χ1) is 16.1. The number of ketones is 1. The molecule has 162 valence electrons. The molecule has 4 aromatic rings. The second-order valence-electron chi connectivity index (χ2n) is 8.30. The van der Waals surface area contributed by atoms with Crippen molar-refractivity contribution in [3.8, 4) is 11.1 Å². The molecule has 1 heterocycles. The number of Topliss-reactive ketones (excluding diaryl/α,β-unsaturated/α-hetero) is 1. The molecule has 0 saturated heterocycles. The summed E-state index contributed by atoms with van der Waals surface area (Å²) in [5, 5.41) is 11.5. The smallest absolute Gasteiger partial charge is 0.264 e. The lowest BCUT2D eigenvalue weighted by Gasteiger charge is -2.23. The zero-order chi connectivity index (χ0) is 22.8. The number of carbonyl (C=O) groups is 2. The Labute approximate surface area is 192 Å². The molecule has 33 heavy (non-hydrogen) atoms. The Morgan fingerprint density at radius 2 is 1.30 bits per heavy atom. The maximum absolute atomic E-state index is 13.4. The molecule has 5 rings (SSSR count). The van der Waals surface area contributed by atoms with Crippen molar-refractivity contribution < 1.29 is 14.7 Å². The van der Waals surface area contributed by atoms with Crippen LogP contribution in [0.3, 0.4) is 0 Å². The molecule has 4 nitrogen and oxygen atoms in total. The van der Waals surface area contributed by atoms with E-state index in [9.17, 15) is 14.7 Å². The number of fused-ring (bicyclic) bond motifs is 1. The van der Waals surface area contributed by atoms with E-state index in [4.69, 9.17) is 0 Å². The first-order valence-electron chi connectivity index (χ1n) is 10.9. The number of hydrogen-bond acceptors (Lipinski definition) is 3. The molecule has 1 atom stereocenters. The summed E-state index contributed by atoms with van der Waals surface area (Å²) < 4.78 is 0. The van der Waals surface area contributed by atoms with Crippen LogP contribution in [-0.4, -0.2) is 16.8 Å². The van der Waals surface area contributed by atoms with Gasteiger partial charge in [-0.25, -0.2) is 0 Å². The van der Waals surface area contributed by atoms with Gasteiger partial charge in [0, 0.05) is 11.1 Å². The van der Waals surface area contributed by atoms with Crippen LogP contribution in [0.25, 0.3) is 11.1 Å². The molecule has 1 aliphatic heterocycles. The first-order valence-corrected chi connectivity index (χ1v) is 10.9. The van der Waals surface area contributed by atoms with Gasteiger partial charge in [-0.2, -0.15) is 0 Å². The minimum absolute atomic E-state index is 0.276. The maximum Gasteiger partial charge on any atom is 0.264 e. The molecule has 0 unspecified atom stereocenters. The lowest BCUT2D eigenvalue weighted by atomic mass is 9.88. The van der Waals surface area contributed by atoms with E-state index in [0.29, 0.717) is 23.4 Å². The van der Waals surface area contributed by atoms with Crippen molar-refractivity contribution >= 4 is 17.4 Å². The van der Waals surface area contributed by atoms with Crippen LogP contribution in [0.5, 0.6) is 0 Å². The lowest BCUT2D eigenvalue weighted by Crippen LogP contribution is -2.41. The van der Waals surface area contributed by atoms with Crippen molar-refractivity contribution in [2.75, 3.05) is 4.90 Å². The largest absolute Gasteiger partial charge is 0.375 e. The Bertz CT molecular complexity index is 1300. The van der Waals surface area contributed by atoms with Crippen LogP contribution < -0.4 is 4.90 Å². The minimum atomic E-state index is -1.89. The SMILES string of the molecule is O=C(C[C@@]1(O)C(=O)N(Cc2ccccc2)c2ccccc21)c1ccc(-c2ccccc2)cc1. The predicted octanol–water partition coefficient (Wildman–Crippen LogP) is 5.36. The highest BCUT2D eigenvalue weighted by Crippen LogP contribution is 2.43. The van der Waals surface area contributed by atoms with Crippen LogP contribution in [0.15, 0.2) is 109 Å². The average molecular weight is 434 g/mol. The number of aliphatic hydroxyl groups is 1. The van der Waals surface area contributed by atoms with Crippen LogP contribution in [0.4, 0.5) is 5.69 Å². The van der Waals surface area contributed by atoms with Crippen molar-refractivity contribution in [1.29, 1.82) is 0 Å². The van der Waals surface area contributed by atoms with Crippen LogP contribution in [0.2, 0.25) is 0 Å². The van der Waals surface area contributed by atoms with E-state index in [0.717, 1.165) is 16.7 Å². The number of amides is 1. The molecule has 0 saturated carbocycles. The van der Waals surface area contributed by atoms with Gasteiger partial charge in [0.25, 0.3) is 5.91 Å². The zero-order valence-corrected chi connectivity index (χ0v) is 18.0. The second kappa shape index (κ2) is 8.49. The number of carbonyl (C=O) groups excluding carboxylic acids is 2. The summed E-state index contributed by atoms with van der Waals surface area (Å²) >= 11 is 0. The number of anilines is 1. The quantitative estimate of drug-likeness (QED) is 0.417. The molecule has 4 aromatic carbocycles. The summed E-state index contributed by atoms with van der Waals surface area (Å²) in [6, 6.07) is 34.0. The van der Waals surface area contributed by atoms with Gasteiger partial charge in [0.2, 0.25) is 0 Å². The van der Waals surface area contributed by atoms with Crippen molar-refractivity contribution in [3.63, 3.8) is 0 Å². The fourth-order valence-electron chi connectivity index (χ4n) is 4.41. The van der Waals surface area contributed by atoms with Gasteiger partial charge in [-0.05, 0) is 22.8 Å². The monoisotopic (exact) mass is 433 g/mol. The van der Waals surface area contributed by atoms with Gasteiger partial charge >= 0.3 is 0 Å². The minimum Gasteiger partial charge on any atom is -0.375 e. The summed E-state index contributed by atoms with van der Waals surface area (Å²) in [6.07, 6.45) is -0.307. The number of benzene rings is 4. The summed E-state index contributed by atoms with van der Waals surface area (Å²) in [4.78, 5) is 28.1. The average Bonchev–Trinajstić information content (AvgIpc) is 3.07. The second-order valence-corrected chi connectivity index (χ2v) is 8.30. The Morgan fingerprint density at radius 1 is 0.727 bits per heavy atom. The van der Waals surface area contributed by atoms with Gasteiger partial charge in [-0.1, -0.05) is 103 Å². The van der Waals surface area contributed by atoms with E-state index in [-0.39, 0.29) is 12.2 Å². The van der Waals surface area contributed by atoms with Crippen molar-refractivity contribution in [1.82, 2.24) is 0 Å². The Balaban J connectivity index is 1.41. The summed E-state index contributed by atoms with van der Waals surface area (Å²) in [5.74, 6) is -0.747. The molecule has 1 aliphatic rings. The normalized spacial score (nSPS) is 17.1. The van der Waals surface area contributed by atoms with Gasteiger partial charge < -0.3 is 10.0 Å². The molecule has 0 aromatic heterocycles. The Kier molecular flexibility index (Phi) is 5.37. The van der Waals surface area contributed by atoms with Gasteiger partial charge in [-0.15, -0.1) is 0 Å². The highest BCUT2D eigenvalue weighted by Gasteiger charge is 2.50. The fourth-order valence-corrected chi connectivity index (χ4v) is 4.41. The van der Waals surface area contributed by atoms with E-state index in [1.54, 1.807) is 29.2 Å². The van der Waals surface area contributed by atoms with Crippen LogP contribution >= 0.6 is 0 Å². The molecular formula is C29H23NO3. The number of nitrogens with zero attached hydrogens (tertiary/aromatic N) is 1. The van der Waals surface area contributed by atoms with Crippen LogP contribution in [0, 0.1) is 0 Å². The van der Waals surface area contributed by atoms with Crippen LogP contribution in [0.1, 0.15) is 27.9 Å². The highest BCUT2D eigenvalue weighted by atomic mass is 16.3. The summed E-state index contributed by atoms with van der Waals surface area (Å²) in [6.45, 7) is 0.332. The van der Waals surface area contributed by atoms with E-state index in [2.05, 4.69) is 0 Å². The third-order valence-electron chi connectivity index (χ3n) is 6.15. The van der Waals surface area contributed by atoms with E-state index < -0.39 is 11.5 Å². The van der Waals surface area contributed by atoms with Gasteiger partial charge in [0.05, 0.1) is 18.7 Å².